The SMILES string of the molecule is CC#N.CCCCCCCCCc1ccccc1O. The maximum Gasteiger partial charge on any atom is 0.118 e. The van der Waals surface area contributed by atoms with Gasteiger partial charge < -0.3 is 5.11 Å². The standard InChI is InChI=1S/C15H24O.C2H3N/c1-2-3-4-5-6-7-8-11-14-12-9-10-13-15(14)16;1-2-3/h9-10,12-13,16H,2-8,11H2,1H3;1H3. The van der Waals surface area contributed by atoms with Crippen LogP contribution >= 0.6 is 0 Å². The van der Waals surface area contributed by atoms with Crippen molar-refractivity contribution < 1.29 is 5.11 Å². The molecule has 0 atom stereocenters. The summed E-state index contributed by atoms with van der Waals surface area (Å²) in [5, 5.41) is 16.9. The molecule has 0 amide bonds. The third kappa shape index (κ3) is 10.1. The number of aromatic hydroxyl groups is 1. The molecule has 2 nitrogen and oxygen atoms in total. The van der Waals surface area contributed by atoms with E-state index < -0.39 is 0 Å². The van der Waals surface area contributed by atoms with Crippen LogP contribution in [0.4, 0.5) is 0 Å². The van der Waals surface area contributed by atoms with Crippen LogP contribution in [0, 0.1) is 11.3 Å². The van der Waals surface area contributed by atoms with Gasteiger partial charge in [0.05, 0.1) is 6.07 Å². The van der Waals surface area contributed by atoms with Crippen LogP contribution in [0.3, 0.4) is 0 Å². The summed E-state index contributed by atoms with van der Waals surface area (Å²) in [6.07, 6.45) is 10.3. The minimum Gasteiger partial charge on any atom is -0.508 e. The van der Waals surface area contributed by atoms with E-state index in [1.807, 2.05) is 18.2 Å². The van der Waals surface area contributed by atoms with Gasteiger partial charge in [0, 0.05) is 6.92 Å². The highest BCUT2D eigenvalue weighted by Gasteiger charge is 1.98. The predicted octanol–water partition coefficient (Wildman–Crippen LogP) is 5.22. The molecule has 106 valence electrons. The summed E-state index contributed by atoms with van der Waals surface area (Å²) >= 11 is 0. The number of para-hydroxylation sites is 1. The Morgan fingerprint density at radius 2 is 1.53 bits per heavy atom. The molecule has 0 saturated carbocycles. The lowest BCUT2D eigenvalue weighted by atomic mass is 10.0. The molecular formula is C17H27NO. The molecule has 0 spiro atoms. The number of nitriles is 1. The first-order valence-electron chi connectivity index (χ1n) is 7.34. The smallest absolute Gasteiger partial charge is 0.118 e. The fourth-order valence-electron chi connectivity index (χ4n) is 1.99. The number of phenols is 1. The highest BCUT2D eigenvalue weighted by molar-refractivity contribution is 5.31. The zero-order valence-electron chi connectivity index (χ0n) is 12.4. The minimum absolute atomic E-state index is 0.452. The Morgan fingerprint density at radius 3 is 2.11 bits per heavy atom. The van der Waals surface area contributed by atoms with Gasteiger partial charge in [-0.1, -0.05) is 63.6 Å². The Labute approximate surface area is 118 Å². The van der Waals surface area contributed by atoms with Crippen LogP contribution in [0.1, 0.15) is 64.4 Å². The van der Waals surface area contributed by atoms with Gasteiger partial charge in [-0.25, -0.2) is 0 Å². The summed E-state index contributed by atoms with van der Waals surface area (Å²) < 4.78 is 0. The minimum atomic E-state index is 0.452. The number of phenolic OH excluding ortho intramolecular Hbond substituents is 1. The number of nitrogens with zero attached hydrogens (tertiary/aromatic N) is 1. The molecule has 0 aliphatic heterocycles. The van der Waals surface area contributed by atoms with Crippen molar-refractivity contribution in [3.63, 3.8) is 0 Å². The van der Waals surface area contributed by atoms with E-state index in [4.69, 9.17) is 5.26 Å². The Morgan fingerprint density at radius 1 is 1.00 bits per heavy atom. The molecule has 0 unspecified atom stereocenters. The second-order valence-electron chi connectivity index (χ2n) is 4.72. The second kappa shape index (κ2) is 13.0. The van der Waals surface area contributed by atoms with E-state index in [-0.39, 0.29) is 0 Å². The fourth-order valence-corrected chi connectivity index (χ4v) is 1.99. The maximum absolute atomic E-state index is 9.58. The van der Waals surface area contributed by atoms with E-state index in [2.05, 4.69) is 6.92 Å². The summed E-state index contributed by atoms with van der Waals surface area (Å²) in [5.41, 5.74) is 1.09. The number of hydrogen-bond acceptors (Lipinski definition) is 2. The van der Waals surface area contributed by atoms with Gasteiger partial charge in [0.15, 0.2) is 0 Å². The van der Waals surface area contributed by atoms with Gasteiger partial charge in [-0.15, -0.1) is 0 Å². The highest BCUT2D eigenvalue weighted by atomic mass is 16.3. The molecule has 0 radical (unpaired) electrons. The Bertz CT molecular complexity index is 355. The van der Waals surface area contributed by atoms with Crippen molar-refractivity contribution in [1.82, 2.24) is 0 Å². The van der Waals surface area contributed by atoms with Crippen LogP contribution in [0.15, 0.2) is 24.3 Å². The second-order valence-corrected chi connectivity index (χ2v) is 4.72. The summed E-state index contributed by atoms with van der Waals surface area (Å²) in [5.74, 6) is 0.452. The van der Waals surface area contributed by atoms with Crippen molar-refractivity contribution in [2.75, 3.05) is 0 Å². The maximum atomic E-state index is 9.58. The zero-order chi connectivity index (χ0) is 14.3. The van der Waals surface area contributed by atoms with Crippen molar-refractivity contribution in [2.45, 2.75) is 65.2 Å². The number of hydrogen-bond donors (Lipinski definition) is 1. The van der Waals surface area contributed by atoms with Gasteiger partial charge in [0.1, 0.15) is 5.75 Å². The fraction of sp³-hybridized carbons (Fsp3) is 0.588. The molecule has 1 aromatic carbocycles. The van der Waals surface area contributed by atoms with Crippen LogP contribution in [-0.4, -0.2) is 5.11 Å². The Hall–Kier alpha value is -1.49. The Kier molecular flexibility index (Phi) is 11.9. The van der Waals surface area contributed by atoms with Gasteiger partial charge in [-0.2, -0.15) is 5.26 Å². The van der Waals surface area contributed by atoms with Crippen molar-refractivity contribution in [2.24, 2.45) is 0 Å². The molecule has 1 rings (SSSR count). The van der Waals surface area contributed by atoms with Crippen molar-refractivity contribution >= 4 is 0 Å². The lowest BCUT2D eigenvalue weighted by Crippen LogP contribution is -1.87. The number of benzene rings is 1. The predicted molar refractivity (Wildman–Crippen MR) is 81.1 cm³/mol. The van der Waals surface area contributed by atoms with Gasteiger partial charge in [0.25, 0.3) is 0 Å². The average molecular weight is 261 g/mol. The van der Waals surface area contributed by atoms with Crippen LogP contribution in [-0.2, 0) is 6.42 Å². The number of aryl methyl sites for hydroxylation is 1. The molecule has 19 heavy (non-hydrogen) atoms. The Balaban J connectivity index is 0.000000982. The summed E-state index contributed by atoms with van der Waals surface area (Å²) in [7, 11) is 0. The first-order chi connectivity index (χ1) is 9.26. The average Bonchev–Trinajstić information content (AvgIpc) is 2.41. The van der Waals surface area contributed by atoms with Gasteiger partial charge in [-0.3, -0.25) is 0 Å². The normalized spacial score (nSPS) is 9.32. The molecule has 0 fully saturated rings. The lowest BCUT2D eigenvalue weighted by Gasteiger charge is -2.04. The molecule has 0 aliphatic rings. The van der Waals surface area contributed by atoms with E-state index in [1.165, 1.54) is 51.9 Å². The molecule has 0 heterocycles. The topological polar surface area (TPSA) is 44.0 Å². The number of unbranched alkanes of at least 4 members (excludes halogenated alkanes) is 6. The summed E-state index contributed by atoms with van der Waals surface area (Å²) in [6.45, 7) is 3.68. The molecule has 0 bridgehead atoms. The lowest BCUT2D eigenvalue weighted by molar-refractivity contribution is 0.466. The third-order valence-electron chi connectivity index (χ3n) is 3.04. The molecule has 1 N–H and O–H groups in total. The molecule has 1 aromatic rings. The number of rotatable bonds is 8. The monoisotopic (exact) mass is 261 g/mol. The quantitative estimate of drug-likeness (QED) is 0.652. The summed E-state index contributed by atoms with van der Waals surface area (Å²) in [6, 6.07) is 9.42. The van der Waals surface area contributed by atoms with Crippen LogP contribution in [0.5, 0.6) is 5.75 Å². The van der Waals surface area contributed by atoms with Crippen molar-refractivity contribution in [3.05, 3.63) is 29.8 Å². The van der Waals surface area contributed by atoms with Crippen molar-refractivity contribution in [1.29, 1.82) is 5.26 Å². The first-order valence-corrected chi connectivity index (χ1v) is 7.34. The zero-order valence-corrected chi connectivity index (χ0v) is 12.4. The van der Waals surface area contributed by atoms with E-state index in [1.54, 1.807) is 12.1 Å². The van der Waals surface area contributed by atoms with E-state index >= 15 is 0 Å². The largest absolute Gasteiger partial charge is 0.508 e. The summed E-state index contributed by atoms with van der Waals surface area (Å²) in [4.78, 5) is 0. The molecule has 0 aliphatic carbocycles. The van der Waals surface area contributed by atoms with E-state index in [0.717, 1.165) is 12.0 Å². The van der Waals surface area contributed by atoms with Gasteiger partial charge in [0.2, 0.25) is 0 Å². The first kappa shape index (κ1) is 17.5. The molecule has 0 saturated heterocycles. The van der Waals surface area contributed by atoms with Crippen LogP contribution in [0.2, 0.25) is 0 Å². The van der Waals surface area contributed by atoms with E-state index in [0.29, 0.717) is 5.75 Å². The highest BCUT2D eigenvalue weighted by Crippen LogP contribution is 2.18. The van der Waals surface area contributed by atoms with Crippen LogP contribution < -0.4 is 0 Å². The molecule has 0 aromatic heterocycles. The molecular weight excluding hydrogens is 234 g/mol. The van der Waals surface area contributed by atoms with Gasteiger partial charge >= 0.3 is 0 Å². The third-order valence-corrected chi connectivity index (χ3v) is 3.04. The van der Waals surface area contributed by atoms with Crippen molar-refractivity contribution in [3.8, 4) is 11.8 Å². The van der Waals surface area contributed by atoms with Gasteiger partial charge in [-0.05, 0) is 24.5 Å². The van der Waals surface area contributed by atoms with E-state index in [9.17, 15) is 5.11 Å². The van der Waals surface area contributed by atoms with Crippen LogP contribution in [0.25, 0.3) is 0 Å². The molecule has 2 heteroatoms.